The predicted octanol–water partition coefficient (Wildman–Crippen LogP) is 3.76. The van der Waals surface area contributed by atoms with Crippen molar-refractivity contribution < 1.29 is 4.79 Å². The average Bonchev–Trinajstić information content (AvgIpc) is 3.14. The normalized spacial score (nSPS) is 17.6. The first-order valence-electron chi connectivity index (χ1n) is 8.17. The summed E-state index contributed by atoms with van der Waals surface area (Å²) in [6, 6.07) is 2.04. The highest BCUT2D eigenvalue weighted by molar-refractivity contribution is 7.14. The number of amides is 1. The molecule has 2 heterocycles. The first-order chi connectivity index (χ1) is 11.5. The quantitative estimate of drug-likeness (QED) is 0.642. The maximum absolute atomic E-state index is 12.4. The summed E-state index contributed by atoms with van der Waals surface area (Å²) in [5.41, 5.74) is 12.2. The highest BCUT2D eigenvalue weighted by atomic mass is 32.1. The summed E-state index contributed by atoms with van der Waals surface area (Å²) in [5.74, 6) is 0.599. The maximum Gasteiger partial charge on any atom is 0.281 e. The zero-order chi connectivity index (χ0) is 17.3. The van der Waals surface area contributed by atoms with Crippen LogP contribution in [0, 0.1) is 12.8 Å². The van der Waals surface area contributed by atoms with E-state index in [4.69, 9.17) is 5.73 Å². The zero-order valence-electron chi connectivity index (χ0n) is 14.2. The third-order valence-corrected chi connectivity index (χ3v) is 6.56. The minimum atomic E-state index is -0.152. The molecule has 0 radical (unpaired) electrons. The van der Waals surface area contributed by atoms with Gasteiger partial charge in [0, 0.05) is 4.88 Å². The number of rotatable bonds is 4. The molecular weight excluding hydrogens is 340 g/mol. The Labute approximate surface area is 150 Å². The lowest BCUT2D eigenvalue weighted by molar-refractivity contribution is 0.0959. The summed E-state index contributed by atoms with van der Waals surface area (Å²) in [4.78, 5) is 14.5. The van der Waals surface area contributed by atoms with E-state index in [2.05, 4.69) is 21.8 Å². The van der Waals surface area contributed by atoms with Gasteiger partial charge >= 0.3 is 0 Å². The van der Waals surface area contributed by atoms with Gasteiger partial charge in [-0.1, -0.05) is 13.3 Å². The largest absolute Gasteiger partial charge is 0.389 e. The standard InChI is InChI=1S/C17H22N4OS2/c1-4-11-5-6-13-12(7-11)8-14(23-13)17(22)20-19-9(2)15-10(3)21-24-16(15)18/h8,11H,4-7,18H2,1-3H3,(H,20,22)/b19-9-/t11-/m1/s1. The number of carbonyl (C=O) groups excluding carboxylic acids is 1. The van der Waals surface area contributed by atoms with Gasteiger partial charge in [-0.05, 0) is 62.2 Å². The Morgan fingerprint density at radius 1 is 1.54 bits per heavy atom. The number of hydrogen-bond acceptors (Lipinski definition) is 6. The molecule has 128 valence electrons. The number of carbonyl (C=O) groups is 1. The van der Waals surface area contributed by atoms with Crippen LogP contribution in [0.1, 0.15) is 58.1 Å². The highest BCUT2D eigenvalue weighted by Gasteiger charge is 2.22. The zero-order valence-corrected chi connectivity index (χ0v) is 15.8. The number of aryl methyl sites for hydroxylation is 2. The molecule has 1 atom stereocenters. The fraction of sp³-hybridized carbons (Fsp3) is 0.471. The average molecular weight is 363 g/mol. The molecule has 0 aliphatic heterocycles. The van der Waals surface area contributed by atoms with E-state index in [1.54, 1.807) is 11.3 Å². The predicted molar refractivity (Wildman–Crippen MR) is 101 cm³/mol. The minimum absolute atomic E-state index is 0.152. The number of aromatic nitrogens is 1. The molecule has 1 aliphatic carbocycles. The number of nitrogens with two attached hydrogens (primary N) is 1. The van der Waals surface area contributed by atoms with Crippen LogP contribution in [0.2, 0.25) is 0 Å². The first-order valence-corrected chi connectivity index (χ1v) is 9.76. The van der Waals surface area contributed by atoms with Crippen molar-refractivity contribution in [2.75, 3.05) is 5.73 Å². The molecule has 3 N–H and O–H groups in total. The van der Waals surface area contributed by atoms with Crippen LogP contribution in [0.5, 0.6) is 0 Å². The number of nitrogen functional groups attached to an aromatic ring is 1. The van der Waals surface area contributed by atoms with Crippen molar-refractivity contribution in [3.63, 3.8) is 0 Å². The SMILES string of the molecule is CC[C@@H]1CCc2sc(C(=O)N/N=C(/C)c3c(C)nsc3N)cc2C1. The molecular formula is C17H22N4OS2. The molecule has 1 aliphatic rings. The van der Waals surface area contributed by atoms with E-state index in [-0.39, 0.29) is 5.91 Å². The molecule has 0 saturated carbocycles. The highest BCUT2D eigenvalue weighted by Crippen LogP contribution is 2.33. The van der Waals surface area contributed by atoms with Crippen molar-refractivity contribution in [3.05, 3.63) is 32.6 Å². The molecule has 2 aromatic rings. The Bertz CT molecular complexity index is 771. The van der Waals surface area contributed by atoms with Crippen LogP contribution in [0.4, 0.5) is 5.00 Å². The van der Waals surface area contributed by atoms with Crippen molar-refractivity contribution in [1.82, 2.24) is 9.80 Å². The second-order valence-corrected chi connectivity index (χ2v) is 8.16. The molecule has 0 unspecified atom stereocenters. The van der Waals surface area contributed by atoms with Gasteiger partial charge in [-0.15, -0.1) is 11.3 Å². The molecule has 0 saturated heterocycles. The number of hydrazone groups is 1. The Hall–Kier alpha value is -1.73. The third-order valence-electron chi connectivity index (χ3n) is 4.56. The van der Waals surface area contributed by atoms with Gasteiger partial charge in [0.15, 0.2) is 0 Å². The fourth-order valence-corrected chi connectivity index (χ4v) is 4.94. The van der Waals surface area contributed by atoms with Gasteiger partial charge in [0.05, 0.1) is 21.8 Å². The summed E-state index contributed by atoms with van der Waals surface area (Å²) in [6.07, 6.45) is 4.61. The molecule has 7 heteroatoms. The van der Waals surface area contributed by atoms with Crippen molar-refractivity contribution in [2.24, 2.45) is 11.0 Å². The van der Waals surface area contributed by atoms with E-state index in [1.807, 2.05) is 19.9 Å². The third kappa shape index (κ3) is 3.37. The summed E-state index contributed by atoms with van der Waals surface area (Å²) >= 11 is 2.84. The number of thiophene rings is 1. The molecule has 5 nitrogen and oxygen atoms in total. The number of hydrogen-bond donors (Lipinski definition) is 2. The van der Waals surface area contributed by atoms with Gasteiger partial charge in [-0.3, -0.25) is 4.79 Å². The van der Waals surface area contributed by atoms with Crippen molar-refractivity contribution in [3.8, 4) is 0 Å². The monoisotopic (exact) mass is 362 g/mol. The summed E-state index contributed by atoms with van der Waals surface area (Å²) in [7, 11) is 0. The Balaban J connectivity index is 1.72. The minimum Gasteiger partial charge on any atom is -0.389 e. The maximum atomic E-state index is 12.4. The van der Waals surface area contributed by atoms with Gasteiger partial charge in [-0.2, -0.15) is 9.47 Å². The van der Waals surface area contributed by atoms with Crippen molar-refractivity contribution >= 4 is 39.5 Å². The van der Waals surface area contributed by atoms with Gasteiger partial charge in [0.1, 0.15) is 5.00 Å². The topological polar surface area (TPSA) is 80.4 Å². The van der Waals surface area contributed by atoms with Crippen LogP contribution >= 0.6 is 22.9 Å². The van der Waals surface area contributed by atoms with E-state index in [0.717, 1.165) is 34.9 Å². The van der Waals surface area contributed by atoms with E-state index in [9.17, 15) is 4.79 Å². The number of nitrogens with zero attached hydrogens (tertiary/aromatic N) is 2. The van der Waals surface area contributed by atoms with Crippen LogP contribution in [0.25, 0.3) is 0 Å². The molecule has 2 aromatic heterocycles. The van der Waals surface area contributed by atoms with E-state index in [1.165, 1.54) is 34.8 Å². The summed E-state index contributed by atoms with van der Waals surface area (Å²) < 4.78 is 4.21. The lowest BCUT2D eigenvalue weighted by atomic mass is 9.87. The molecule has 3 rings (SSSR count). The first kappa shape index (κ1) is 17.1. The Morgan fingerprint density at radius 3 is 3.00 bits per heavy atom. The van der Waals surface area contributed by atoms with Gasteiger partial charge < -0.3 is 5.73 Å². The van der Waals surface area contributed by atoms with Crippen molar-refractivity contribution in [1.29, 1.82) is 0 Å². The molecule has 0 aromatic carbocycles. The van der Waals surface area contributed by atoms with Crippen LogP contribution in [0.15, 0.2) is 11.2 Å². The molecule has 0 spiro atoms. The molecule has 24 heavy (non-hydrogen) atoms. The van der Waals surface area contributed by atoms with Crippen LogP contribution in [0.3, 0.4) is 0 Å². The molecule has 0 bridgehead atoms. The Kier molecular flexibility index (Phi) is 5.01. The van der Waals surface area contributed by atoms with Crippen LogP contribution < -0.4 is 11.2 Å². The lowest BCUT2D eigenvalue weighted by Crippen LogP contribution is -2.18. The van der Waals surface area contributed by atoms with Gasteiger partial charge in [-0.25, -0.2) is 5.43 Å². The van der Waals surface area contributed by atoms with E-state index < -0.39 is 0 Å². The lowest BCUT2D eigenvalue weighted by Gasteiger charge is -2.19. The second-order valence-electron chi connectivity index (χ2n) is 6.22. The van der Waals surface area contributed by atoms with Crippen LogP contribution in [-0.4, -0.2) is 16.0 Å². The van der Waals surface area contributed by atoms with Gasteiger partial charge in [0.25, 0.3) is 5.91 Å². The molecule has 1 amide bonds. The number of anilines is 1. The summed E-state index contributed by atoms with van der Waals surface area (Å²) in [5, 5.41) is 4.84. The Morgan fingerprint density at radius 2 is 2.33 bits per heavy atom. The van der Waals surface area contributed by atoms with E-state index >= 15 is 0 Å². The fourth-order valence-electron chi connectivity index (χ4n) is 3.13. The van der Waals surface area contributed by atoms with E-state index in [0.29, 0.717) is 10.7 Å². The van der Waals surface area contributed by atoms with Crippen molar-refractivity contribution in [2.45, 2.75) is 46.5 Å². The van der Waals surface area contributed by atoms with Crippen LogP contribution in [-0.2, 0) is 12.8 Å². The smallest absolute Gasteiger partial charge is 0.281 e. The van der Waals surface area contributed by atoms with Gasteiger partial charge in [0.2, 0.25) is 0 Å². The second kappa shape index (κ2) is 7.03. The molecule has 0 fully saturated rings. The number of fused-ring (bicyclic) bond motifs is 1. The summed E-state index contributed by atoms with van der Waals surface area (Å²) in [6.45, 7) is 5.96. The number of nitrogens with one attached hydrogen (secondary N) is 1.